The van der Waals surface area contributed by atoms with Gasteiger partial charge in [0.2, 0.25) is 0 Å². The molecule has 0 N–H and O–H groups in total. The Kier molecular flexibility index (Phi) is 3.84. The van der Waals surface area contributed by atoms with Crippen molar-refractivity contribution in [1.82, 2.24) is 34.3 Å². The summed E-state index contributed by atoms with van der Waals surface area (Å²) >= 11 is 0. The number of nitrogens with zero attached hydrogens (tertiary/aromatic N) is 7. The normalized spacial score (nSPS) is 23.7. The van der Waals surface area contributed by atoms with Crippen LogP contribution in [0.4, 0.5) is 0 Å². The summed E-state index contributed by atoms with van der Waals surface area (Å²) in [6.45, 7) is 2.21. The average molecular weight is 329 g/mol. The molecule has 4 rings (SSSR count). The molecule has 24 heavy (non-hydrogen) atoms. The molecule has 128 valence electrons. The molecular weight excluding hydrogens is 306 g/mol. The van der Waals surface area contributed by atoms with Gasteiger partial charge < -0.3 is 14.4 Å². The van der Waals surface area contributed by atoms with Crippen molar-refractivity contribution in [3.05, 3.63) is 30.1 Å². The van der Waals surface area contributed by atoms with Gasteiger partial charge in [0.1, 0.15) is 0 Å². The summed E-state index contributed by atoms with van der Waals surface area (Å²) in [6.07, 6.45) is 8.73. The van der Waals surface area contributed by atoms with Crippen molar-refractivity contribution in [1.29, 1.82) is 0 Å². The molecule has 2 aliphatic heterocycles. The van der Waals surface area contributed by atoms with E-state index in [2.05, 4.69) is 24.8 Å². The van der Waals surface area contributed by atoms with Crippen LogP contribution in [0.1, 0.15) is 35.2 Å². The van der Waals surface area contributed by atoms with Crippen molar-refractivity contribution in [3.63, 3.8) is 0 Å². The molecule has 0 radical (unpaired) electrons. The SMILES string of the molecule is CN(C)[C@@H]1CN(C(=O)c2ncc3n2CCCC3)C[C@@H]1n1ccnn1. The zero-order valence-corrected chi connectivity index (χ0v) is 14.2. The number of fused-ring (bicyclic) bond motifs is 1. The summed E-state index contributed by atoms with van der Waals surface area (Å²) in [7, 11) is 4.08. The van der Waals surface area contributed by atoms with Crippen molar-refractivity contribution in [2.24, 2.45) is 0 Å². The van der Waals surface area contributed by atoms with Crippen LogP contribution in [0, 0.1) is 0 Å². The number of hydrogen-bond donors (Lipinski definition) is 0. The number of carbonyl (C=O) groups is 1. The monoisotopic (exact) mass is 329 g/mol. The van der Waals surface area contributed by atoms with Gasteiger partial charge in [0, 0.05) is 37.7 Å². The number of rotatable bonds is 3. The van der Waals surface area contributed by atoms with Crippen molar-refractivity contribution in [2.45, 2.75) is 37.9 Å². The van der Waals surface area contributed by atoms with Gasteiger partial charge in [0.15, 0.2) is 5.82 Å². The van der Waals surface area contributed by atoms with E-state index in [4.69, 9.17) is 0 Å². The van der Waals surface area contributed by atoms with Crippen LogP contribution in [0.25, 0.3) is 0 Å². The first-order valence-electron chi connectivity index (χ1n) is 8.51. The minimum atomic E-state index is 0.0256. The van der Waals surface area contributed by atoms with Crippen LogP contribution >= 0.6 is 0 Å². The molecular formula is C16H23N7O. The summed E-state index contributed by atoms with van der Waals surface area (Å²) in [4.78, 5) is 21.5. The van der Waals surface area contributed by atoms with E-state index < -0.39 is 0 Å². The summed E-state index contributed by atoms with van der Waals surface area (Å²) in [5, 5.41) is 8.05. The van der Waals surface area contributed by atoms with Crippen molar-refractivity contribution in [3.8, 4) is 0 Å². The van der Waals surface area contributed by atoms with E-state index in [1.807, 2.05) is 36.1 Å². The number of aromatic nitrogens is 5. The van der Waals surface area contributed by atoms with Crippen LogP contribution in [0.15, 0.2) is 18.6 Å². The highest BCUT2D eigenvalue weighted by atomic mass is 16.2. The zero-order valence-electron chi connectivity index (χ0n) is 14.2. The molecule has 2 atom stereocenters. The maximum absolute atomic E-state index is 13.0. The van der Waals surface area contributed by atoms with Crippen LogP contribution in [0.5, 0.6) is 0 Å². The maximum atomic E-state index is 13.0. The van der Waals surface area contributed by atoms with E-state index in [0.717, 1.165) is 19.4 Å². The molecule has 0 aromatic carbocycles. The van der Waals surface area contributed by atoms with Gasteiger partial charge in [-0.2, -0.15) is 0 Å². The maximum Gasteiger partial charge on any atom is 0.289 e. The number of hydrogen-bond acceptors (Lipinski definition) is 5. The molecule has 2 aliphatic rings. The lowest BCUT2D eigenvalue weighted by atomic mass is 10.1. The average Bonchev–Trinajstić information content (AvgIpc) is 3.31. The topological polar surface area (TPSA) is 72.1 Å². The summed E-state index contributed by atoms with van der Waals surface area (Å²) in [5.41, 5.74) is 1.18. The molecule has 1 saturated heterocycles. The summed E-state index contributed by atoms with van der Waals surface area (Å²) in [5.74, 6) is 0.610. The second-order valence-electron chi connectivity index (χ2n) is 6.87. The fourth-order valence-corrected chi connectivity index (χ4v) is 3.85. The van der Waals surface area contributed by atoms with Crippen molar-refractivity contribution >= 4 is 5.91 Å². The van der Waals surface area contributed by atoms with Gasteiger partial charge in [0.05, 0.1) is 18.3 Å². The highest BCUT2D eigenvalue weighted by molar-refractivity contribution is 5.91. The third-order valence-corrected chi connectivity index (χ3v) is 5.18. The molecule has 8 nitrogen and oxygen atoms in total. The minimum Gasteiger partial charge on any atom is -0.332 e. The summed E-state index contributed by atoms with van der Waals surface area (Å²) in [6, 6.07) is 0.327. The van der Waals surface area contributed by atoms with Gasteiger partial charge in [-0.15, -0.1) is 5.10 Å². The Morgan fingerprint density at radius 3 is 2.92 bits per heavy atom. The first-order chi connectivity index (χ1) is 11.6. The Hall–Kier alpha value is -2.22. The molecule has 0 unspecified atom stereocenters. The minimum absolute atomic E-state index is 0.0256. The molecule has 1 amide bonds. The van der Waals surface area contributed by atoms with E-state index in [1.54, 1.807) is 6.20 Å². The Bertz CT molecular complexity index is 721. The van der Waals surface area contributed by atoms with Crippen LogP contribution in [-0.2, 0) is 13.0 Å². The first kappa shape index (κ1) is 15.3. The third kappa shape index (κ3) is 2.50. The predicted octanol–water partition coefficient (Wildman–Crippen LogP) is 0.438. The lowest BCUT2D eigenvalue weighted by Crippen LogP contribution is -2.37. The molecule has 0 spiro atoms. The molecule has 4 heterocycles. The fraction of sp³-hybridized carbons (Fsp3) is 0.625. The Morgan fingerprint density at radius 1 is 1.29 bits per heavy atom. The van der Waals surface area contributed by atoms with Crippen molar-refractivity contribution < 1.29 is 4.79 Å². The Labute approximate surface area is 141 Å². The van der Waals surface area contributed by atoms with Crippen LogP contribution in [0.3, 0.4) is 0 Å². The molecule has 0 aliphatic carbocycles. The number of aryl methyl sites for hydroxylation is 1. The zero-order chi connectivity index (χ0) is 16.7. The fourth-order valence-electron chi connectivity index (χ4n) is 3.85. The quantitative estimate of drug-likeness (QED) is 0.817. The largest absolute Gasteiger partial charge is 0.332 e. The molecule has 8 heteroatoms. The number of carbonyl (C=O) groups excluding carboxylic acids is 1. The van der Waals surface area contributed by atoms with Gasteiger partial charge >= 0.3 is 0 Å². The molecule has 1 fully saturated rings. The van der Waals surface area contributed by atoms with Crippen LogP contribution in [0.2, 0.25) is 0 Å². The molecule has 0 bridgehead atoms. The van der Waals surface area contributed by atoms with E-state index >= 15 is 0 Å². The first-order valence-corrected chi connectivity index (χ1v) is 8.51. The van der Waals surface area contributed by atoms with Gasteiger partial charge in [-0.3, -0.25) is 4.79 Å². The smallest absolute Gasteiger partial charge is 0.289 e. The highest BCUT2D eigenvalue weighted by Gasteiger charge is 2.39. The molecule has 0 saturated carbocycles. The molecule has 2 aromatic heterocycles. The van der Waals surface area contributed by atoms with Gasteiger partial charge in [-0.05, 0) is 33.4 Å². The number of likely N-dealkylation sites (N-methyl/N-ethyl adjacent to an activating group) is 1. The van der Waals surface area contributed by atoms with Crippen LogP contribution in [-0.4, -0.2) is 73.5 Å². The number of imidazole rings is 1. The van der Waals surface area contributed by atoms with Gasteiger partial charge in [-0.1, -0.05) is 5.21 Å². The van der Waals surface area contributed by atoms with Gasteiger partial charge in [-0.25, -0.2) is 9.67 Å². The molecule has 2 aromatic rings. The summed E-state index contributed by atoms with van der Waals surface area (Å²) < 4.78 is 3.96. The van der Waals surface area contributed by atoms with Crippen LogP contribution < -0.4 is 0 Å². The highest BCUT2D eigenvalue weighted by Crippen LogP contribution is 2.26. The van der Waals surface area contributed by atoms with E-state index in [0.29, 0.717) is 18.9 Å². The van der Waals surface area contributed by atoms with E-state index in [-0.39, 0.29) is 18.0 Å². The predicted molar refractivity (Wildman–Crippen MR) is 87.6 cm³/mol. The van der Waals surface area contributed by atoms with E-state index in [9.17, 15) is 4.79 Å². The lowest BCUT2D eigenvalue weighted by Gasteiger charge is -2.24. The third-order valence-electron chi connectivity index (χ3n) is 5.18. The van der Waals surface area contributed by atoms with Crippen molar-refractivity contribution in [2.75, 3.05) is 27.2 Å². The second kappa shape index (κ2) is 6.01. The lowest BCUT2D eigenvalue weighted by molar-refractivity contribution is 0.0762. The number of likely N-dealkylation sites (tertiary alicyclic amines) is 1. The standard InChI is InChI=1S/C16H23N7O/c1-20(2)13-10-21(11-14(13)23-8-6-18-19-23)16(24)15-17-9-12-5-3-4-7-22(12)15/h6,8-9,13-14H,3-5,7,10-11H2,1-2H3/t13-,14+/m1/s1. The van der Waals surface area contributed by atoms with Gasteiger partial charge in [0.25, 0.3) is 5.91 Å². The number of amides is 1. The second-order valence-corrected chi connectivity index (χ2v) is 6.87. The Morgan fingerprint density at radius 2 is 2.17 bits per heavy atom. The van der Waals surface area contributed by atoms with E-state index in [1.165, 1.54) is 12.1 Å². The Balaban J connectivity index is 1.58.